The van der Waals surface area contributed by atoms with Gasteiger partial charge in [0, 0.05) is 91.4 Å². The fourth-order valence-electron chi connectivity index (χ4n) is 12.6. The van der Waals surface area contributed by atoms with E-state index in [2.05, 4.69) is 110 Å². The highest BCUT2D eigenvalue weighted by Crippen LogP contribution is 2.23. The number of unbranched alkanes of at least 4 members (excludes halogenated alkanes) is 1. The lowest BCUT2D eigenvalue weighted by atomic mass is 9.99. The van der Waals surface area contributed by atoms with Crippen LogP contribution in [0.1, 0.15) is 88.5 Å². The van der Waals surface area contributed by atoms with Gasteiger partial charge in [-0.25, -0.2) is 0 Å². The van der Waals surface area contributed by atoms with Gasteiger partial charge in [0.2, 0.25) is 88.6 Å². The van der Waals surface area contributed by atoms with Crippen molar-refractivity contribution in [2.45, 2.75) is 164 Å². The minimum Gasteiger partial charge on any atom is -0.508 e. The summed E-state index contributed by atoms with van der Waals surface area (Å²) in [7, 11) is 0. The summed E-state index contributed by atoms with van der Waals surface area (Å²) >= 11 is 8.48. The third-order valence-electron chi connectivity index (χ3n) is 19.1. The van der Waals surface area contributed by atoms with E-state index in [0.29, 0.717) is 63.4 Å². The monoisotopic (exact) mass is 1720 g/mol. The first kappa shape index (κ1) is 97.6. The second-order valence-corrected chi connectivity index (χ2v) is 29.7. The Bertz CT molecular complexity index is 4550. The second-order valence-electron chi connectivity index (χ2n) is 28.9. The van der Waals surface area contributed by atoms with Crippen LogP contribution in [0.5, 0.6) is 5.75 Å². The largest absolute Gasteiger partial charge is 0.508 e. The van der Waals surface area contributed by atoms with Crippen LogP contribution >= 0.6 is 25.3 Å². The molecule has 0 unspecified atom stereocenters. The Balaban J connectivity index is 1.19. The van der Waals surface area contributed by atoms with Crippen molar-refractivity contribution in [1.82, 2.24) is 84.4 Å². The number of aromatic hydroxyl groups is 1. The van der Waals surface area contributed by atoms with Gasteiger partial charge in [-0.2, -0.15) is 25.3 Å². The number of aliphatic carboxylic acids is 1. The Morgan fingerprint density at radius 2 is 0.884 bits per heavy atom. The maximum Gasteiger partial charge on any atom is 0.305 e. The van der Waals surface area contributed by atoms with Gasteiger partial charge in [-0.15, -0.1) is 0 Å². The van der Waals surface area contributed by atoms with E-state index < -0.39 is 205 Å². The number of ether oxygens (including phenoxy) is 1. The predicted octanol–water partition coefficient (Wildman–Crippen LogP) is -3.97. The van der Waals surface area contributed by atoms with Gasteiger partial charge in [0.1, 0.15) is 84.9 Å². The van der Waals surface area contributed by atoms with Crippen LogP contribution in [-0.2, 0) is 107 Å². The number of carboxylic acid groups (broad SMARTS) is 1. The number of primary amides is 1. The number of benzene rings is 4. The molecule has 0 aliphatic carbocycles. The Morgan fingerprint density at radius 3 is 1.41 bits per heavy atom. The summed E-state index contributed by atoms with van der Waals surface area (Å²) in [6.07, 6.45) is 2.63. The number of phenols is 1. The summed E-state index contributed by atoms with van der Waals surface area (Å²) in [6, 6.07) is 10.3. The molecule has 0 aliphatic rings. The average molecular weight is 1720 g/mol. The molecule has 4 aromatic carbocycles. The van der Waals surface area contributed by atoms with Crippen LogP contribution in [0.25, 0.3) is 21.8 Å². The number of thiol groups is 2. The minimum absolute atomic E-state index is 0.00920. The Hall–Kier alpha value is -12.2. The van der Waals surface area contributed by atoms with Crippen molar-refractivity contribution in [3.8, 4) is 5.75 Å². The van der Waals surface area contributed by atoms with Crippen LogP contribution in [0.15, 0.2) is 116 Å². The molecule has 121 heavy (non-hydrogen) atoms. The number of H-pyrrole nitrogens is 2. The number of aromatic nitrogens is 2. The summed E-state index contributed by atoms with van der Waals surface area (Å²) in [5, 5.41) is 57.1. The van der Waals surface area contributed by atoms with Crippen molar-refractivity contribution in [3.05, 3.63) is 138 Å². The number of carbonyl (C=O) groups excluding carboxylic acids is 15. The molecule has 15 amide bonds. The van der Waals surface area contributed by atoms with Crippen molar-refractivity contribution in [2.24, 2.45) is 28.9 Å². The lowest BCUT2D eigenvalue weighted by Gasteiger charge is -2.29. The van der Waals surface area contributed by atoms with Gasteiger partial charge in [0.15, 0.2) is 0 Å². The van der Waals surface area contributed by atoms with Crippen molar-refractivity contribution in [1.29, 1.82) is 0 Å². The molecule has 6 rings (SSSR count). The molecule has 0 saturated heterocycles. The highest BCUT2D eigenvalue weighted by Gasteiger charge is 2.38. The molecule has 26 N–H and O–H groups in total. The standard InChI is InChI=1S/C80H110N20O19S2/c1-43(2)68(100-76(114)60(34-49-38-87-54-20-11-9-18-52(49)54)97-75(113)61(35-67(105)106)93-70(108)44(3)89-78(116)63(41-120)90-45(4)101)80(118)99-64(42-121)79(117)95-58(32-47-23-25-50(102)26-24-47)73(111)96-59(33-48-37-86-53-19-10-8-17-51(48)53)74(112)92-56(22-14-28-82)72(110)98-62(36-83)77(115)94-57(31-46-15-6-5-7-16-46)71(109)88-39-65(103)85-29-30-119-40-66(104)91-55(69(84)107)21-12-13-27-81/h5-11,15-20,23-26,37-38,43-44,55-64,68,86-87,102,120-121H,12-14,21-22,27-36,39-42,81-83H2,1-4H3,(H2,84,107)(H,85,103)(H,88,109)(H,89,116)(H,90,101)(H,91,104)(H,92,112)(H,93,108)(H,94,115)(H,95,117)(H,96,111)(H,97,113)(H,98,110)(H,99,118)(H,100,114)(H,105,106)/t44-,55+,56-,57-,58-,59-,60-,61-,62-,63-,64-,68-/m0/s1. The molecule has 656 valence electrons. The van der Waals surface area contributed by atoms with E-state index in [9.17, 15) is 77.3 Å². The number of hydrogen-bond acceptors (Lipinski definition) is 23. The highest BCUT2D eigenvalue weighted by atomic mass is 32.1. The van der Waals surface area contributed by atoms with E-state index in [0.717, 1.165) is 6.92 Å². The number of aromatic amines is 2. The van der Waals surface area contributed by atoms with Crippen molar-refractivity contribution < 1.29 is 91.7 Å². The predicted molar refractivity (Wildman–Crippen MR) is 452 cm³/mol. The number of carboxylic acids is 1. The zero-order valence-corrected chi connectivity index (χ0v) is 69.2. The number of para-hydroxylation sites is 2. The maximum absolute atomic E-state index is 15.2. The molecule has 41 heteroatoms. The van der Waals surface area contributed by atoms with Gasteiger partial charge >= 0.3 is 5.97 Å². The lowest BCUT2D eigenvalue weighted by Crippen LogP contribution is -2.62. The summed E-state index contributed by atoms with van der Waals surface area (Å²) in [6.45, 7) is 4.13. The molecule has 0 aliphatic heterocycles. The first-order valence-corrected chi connectivity index (χ1v) is 40.5. The molecule has 2 aromatic heterocycles. The molecule has 0 saturated carbocycles. The third kappa shape index (κ3) is 32.1. The lowest BCUT2D eigenvalue weighted by molar-refractivity contribution is -0.141. The first-order valence-electron chi connectivity index (χ1n) is 39.2. The van der Waals surface area contributed by atoms with Crippen molar-refractivity contribution in [2.75, 3.05) is 57.4 Å². The molecular formula is C80H110N20O19S2. The SMILES string of the molecule is CC(=O)N[C@@H](CS)C(=O)N[C@@H](C)C(=O)N[C@@H](CC(=O)O)C(=O)N[C@@H](Cc1c[nH]c2ccccc12)C(=O)N[C@H](C(=O)N[C@@H](CS)C(=O)N[C@@H](Cc1ccc(O)cc1)C(=O)N[C@@H](Cc1c[nH]c2ccccc12)C(=O)N[C@@H](CCCN)C(=O)N[C@@H](CN)C(=O)N[C@@H](Cc1ccccc1)C(=O)NCC(=O)NCCOCC(=O)N[C@H](CCCCN)C(N)=O)C(C)C. The van der Waals surface area contributed by atoms with Crippen LogP contribution in [0.3, 0.4) is 0 Å². The van der Waals surface area contributed by atoms with E-state index in [1.165, 1.54) is 31.2 Å². The maximum atomic E-state index is 15.2. The summed E-state index contributed by atoms with van der Waals surface area (Å²) in [5.41, 5.74) is 26.3. The summed E-state index contributed by atoms with van der Waals surface area (Å²) in [5.74, 6) is -16.2. The fraction of sp³-hybridized carbons (Fsp3) is 0.450. The molecule has 0 bridgehead atoms. The zero-order chi connectivity index (χ0) is 88.8. The van der Waals surface area contributed by atoms with E-state index in [1.54, 1.807) is 105 Å². The Labute approximate surface area is 708 Å². The number of hydrogen-bond donors (Lipinski definition) is 24. The quantitative estimate of drug-likeness (QED) is 0.0128. The third-order valence-corrected chi connectivity index (χ3v) is 19.9. The Morgan fingerprint density at radius 1 is 0.438 bits per heavy atom. The van der Waals surface area contributed by atoms with Gasteiger partial charge in [-0.05, 0) is 105 Å². The van der Waals surface area contributed by atoms with Crippen LogP contribution in [0.2, 0.25) is 0 Å². The van der Waals surface area contributed by atoms with Crippen LogP contribution in [0.4, 0.5) is 0 Å². The summed E-state index contributed by atoms with van der Waals surface area (Å²) in [4.78, 5) is 225. The van der Waals surface area contributed by atoms with E-state index in [1.807, 2.05) is 0 Å². The molecular weight excluding hydrogens is 1610 g/mol. The van der Waals surface area contributed by atoms with Gasteiger partial charge < -0.3 is 122 Å². The number of nitrogens with two attached hydrogens (primary N) is 4. The van der Waals surface area contributed by atoms with Crippen LogP contribution in [-0.4, -0.2) is 245 Å². The van der Waals surface area contributed by atoms with Gasteiger partial charge in [-0.3, -0.25) is 76.7 Å². The van der Waals surface area contributed by atoms with E-state index in [-0.39, 0.29) is 76.1 Å². The summed E-state index contributed by atoms with van der Waals surface area (Å²) < 4.78 is 5.34. The normalized spacial score (nSPS) is 14.1. The smallest absolute Gasteiger partial charge is 0.305 e. The molecule has 0 radical (unpaired) electrons. The van der Waals surface area contributed by atoms with Crippen LogP contribution in [0, 0.1) is 5.92 Å². The number of rotatable bonds is 52. The van der Waals surface area contributed by atoms with Gasteiger partial charge in [-0.1, -0.05) is 92.7 Å². The zero-order valence-electron chi connectivity index (χ0n) is 67.4. The van der Waals surface area contributed by atoms with E-state index in [4.69, 9.17) is 27.7 Å². The van der Waals surface area contributed by atoms with E-state index >= 15 is 9.59 Å². The fourth-order valence-corrected chi connectivity index (χ4v) is 13.1. The molecule has 2 heterocycles. The second kappa shape index (κ2) is 50.0. The number of nitrogens with one attached hydrogen (secondary N) is 16. The number of carbonyl (C=O) groups is 16. The average Bonchev–Trinajstić information content (AvgIpc) is 1.72. The van der Waals surface area contributed by atoms with Crippen molar-refractivity contribution >= 4 is 142 Å². The molecule has 39 nitrogen and oxygen atoms in total. The number of amides is 15. The molecule has 12 atom stereocenters. The highest BCUT2D eigenvalue weighted by molar-refractivity contribution is 7.80. The van der Waals surface area contributed by atoms with Gasteiger partial charge in [0.05, 0.1) is 19.6 Å². The first-order chi connectivity index (χ1) is 57.8. The Kier molecular flexibility index (Phi) is 40.4. The number of fused-ring (bicyclic) bond motifs is 2. The van der Waals surface area contributed by atoms with Crippen molar-refractivity contribution in [3.63, 3.8) is 0 Å². The molecule has 0 fully saturated rings. The topological polar surface area (TPSA) is 627 Å². The molecule has 6 aromatic rings. The van der Waals surface area contributed by atoms with Gasteiger partial charge in [0.25, 0.3) is 0 Å². The molecule has 0 spiro atoms. The van der Waals surface area contributed by atoms with Crippen LogP contribution < -0.4 is 97.4 Å². The number of phenolic OH excluding ortho intramolecular Hbond substituents is 1. The minimum atomic E-state index is -1.87.